The van der Waals surface area contributed by atoms with E-state index < -0.39 is 9.84 Å². The molecule has 1 rings (SSSR count). The third-order valence-corrected chi connectivity index (χ3v) is 2.59. The molecule has 0 saturated carbocycles. The summed E-state index contributed by atoms with van der Waals surface area (Å²) in [5.41, 5.74) is 0. The summed E-state index contributed by atoms with van der Waals surface area (Å²) in [7, 11) is -3.44. The molecule has 0 radical (unpaired) electrons. The summed E-state index contributed by atoms with van der Waals surface area (Å²) in [6.45, 7) is 0. The fourth-order valence-corrected chi connectivity index (χ4v) is 1.35. The quantitative estimate of drug-likeness (QED) is 0.578. The van der Waals surface area contributed by atoms with Crippen molar-refractivity contribution in [3.05, 3.63) is 41.2 Å². The molecule has 0 bridgehead atoms. The number of rotatable bonds is 3. The van der Waals surface area contributed by atoms with Gasteiger partial charge in [-0.2, -0.15) is 5.26 Å². The lowest BCUT2D eigenvalue weighted by Crippen LogP contribution is -1.97. The Bertz CT molecular complexity index is 516. The molecule has 1 aromatic rings. The Balaban J connectivity index is 2.86. The van der Waals surface area contributed by atoms with Gasteiger partial charge in [-0.15, -0.1) is 0 Å². The largest absolute Gasteiger partial charge is 0.465 e. The number of sulfone groups is 1. The summed E-state index contributed by atoms with van der Waals surface area (Å²) in [6, 6.07) is 5.05. The van der Waals surface area contributed by atoms with Crippen LogP contribution in [0.15, 0.2) is 39.9 Å². The summed E-state index contributed by atoms with van der Waals surface area (Å²) in [6.07, 6.45) is 6.76. The van der Waals surface area contributed by atoms with Gasteiger partial charge in [-0.3, -0.25) is 0 Å². The van der Waals surface area contributed by atoms with Crippen LogP contribution in [-0.4, -0.2) is 14.7 Å². The molecule has 0 spiro atoms. The molecular formula is C10H9NO3S. The molecule has 0 aromatic carbocycles. The minimum atomic E-state index is -3.44. The number of allylic oxidation sites excluding steroid dienone is 3. The van der Waals surface area contributed by atoms with E-state index in [4.69, 9.17) is 9.68 Å². The molecule has 0 saturated heterocycles. The van der Waals surface area contributed by atoms with Crippen molar-refractivity contribution in [2.24, 2.45) is 0 Å². The third-order valence-electron chi connectivity index (χ3n) is 1.56. The fraction of sp³-hybridized carbons (Fsp3) is 0.100. The summed E-state index contributed by atoms with van der Waals surface area (Å²) in [4.78, 5) is -0.273. The highest BCUT2D eigenvalue weighted by Crippen LogP contribution is 2.06. The number of nitriles is 1. The first-order chi connectivity index (χ1) is 7.04. The van der Waals surface area contributed by atoms with Gasteiger partial charge >= 0.3 is 0 Å². The molecule has 0 aliphatic carbocycles. The van der Waals surface area contributed by atoms with Crippen LogP contribution in [0.3, 0.4) is 0 Å². The van der Waals surface area contributed by atoms with Gasteiger partial charge in [0.05, 0.1) is 6.26 Å². The van der Waals surface area contributed by atoms with Gasteiger partial charge in [-0.25, -0.2) is 8.42 Å². The van der Waals surface area contributed by atoms with Gasteiger partial charge in [-0.05, 0) is 24.3 Å². The highest BCUT2D eigenvalue weighted by Gasteiger charge is 2.08. The number of hydrogen-bond acceptors (Lipinski definition) is 4. The Morgan fingerprint density at radius 3 is 2.80 bits per heavy atom. The minimum absolute atomic E-state index is 0.273. The lowest BCUT2D eigenvalue weighted by atomic mass is 10.4. The molecule has 0 amide bonds. The van der Waals surface area contributed by atoms with Crippen molar-refractivity contribution in [1.82, 2.24) is 0 Å². The highest BCUT2D eigenvalue weighted by atomic mass is 32.2. The maximum Gasteiger partial charge on any atom is 0.185 e. The summed E-state index contributed by atoms with van der Waals surface area (Å²) >= 11 is 0. The molecule has 0 fully saturated rings. The molecule has 78 valence electrons. The van der Waals surface area contributed by atoms with Gasteiger partial charge in [-0.1, -0.05) is 6.08 Å². The van der Waals surface area contributed by atoms with E-state index >= 15 is 0 Å². The molecule has 0 aliphatic rings. The van der Waals surface area contributed by atoms with Crippen molar-refractivity contribution >= 4 is 15.9 Å². The first-order valence-electron chi connectivity index (χ1n) is 4.06. The predicted molar refractivity (Wildman–Crippen MR) is 56.3 cm³/mol. The van der Waals surface area contributed by atoms with Gasteiger partial charge in [0.1, 0.15) is 16.7 Å². The standard InChI is InChI=1S/C10H9NO3S/c1-15(12,13)10(8-11)6-2-4-9-5-3-7-14-9/h2-7H,1H3. The van der Waals surface area contributed by atoms with Crippen LogP contribution in [0.1, 0.15) is 5.76 Å². The zero-order valence-electron chi connectivity index (χ0n) is 8.04. The summed E-state index contributed by atoms with van der Waals surface area (Å²) in [5.74, 6) is 0.594. The van der Waals surface area contributed by atoms with Crippen LogP contribution >= 0.6 is 0 Å². The van der Waals surface area contributed by atoms with Crippen LogP contribution in [0, 0.1) is 11.3 Å². The molecule has 0 N–H and O–H groups in total. The second-order valence-electron chi connectivity index (χ2n) is 2.79. The van der Waals surface area contributed by atoms with Crippen LogP contribution in [0.5, 0.6) is 0 Å². The zero-order chi connectivity index (χ0) is 11.3. The Labute approximate surface area is 88.1 Å². The van der Waals surface area contributed by atoms with Crippen molar-refractivity contribution in [3.63, 3.8) is 0 Å². The van der Waals surface area contributed by atoms with Crippen LogP contribution < -0.4 is 0 Å². The van der Waals surface area contributed by atoms with E-state index in [9.17, 15) is 8.42 Å². The fourth-order valence-electron chi connectivity index (χ4n) is 0.860. The average Bonchev–Trinajstić information content (AvgIpc) is 2.62. The second kappa shape index (κ2) is 4.62. The molecule has 0 unspecified atom stereocenters. The Kier molecular flexibility index (Phi) is 3.47. The molecule has 0 atom stereocenters. The van der Waals surface area contributed by atoms with E-state index in [1.807, 2.05) is 0 Å². The molecule has 1 aromatic heterocycles. The van der Waals surface area contributed by atoms with Crippen LogP contribution in [0.4, 0.5) is 0 Å². The monoisotopic (exact) mass is 223 g/mol. The average molecular weight is 223 g/mol. The smallest absolute Gasteiger partial charge is 0.185 e. The van der Waals surface area contributed by atoms with Crippen LogP contribution in [-0.2, 0) is 9.84 Å². The Hall–Kier alpha value is -1.80. The third kappa shape index (κ3) is 3.44. The van der Waals surface area contributed by atoms with Crippen molar-refractivity contribution in [3.8, 4) is 6.07 Å². The van der Waals surface area contributed by atoms with Gasteiger partial charge < -0.3 is 4.42 Å². The number of nitrogens with zero attached hydrogens (tertiary/aromatic N) is 1. The van der Waals surface area contributed by atoms with E-state index in [0.717, 1.165) is 6.26 Å². The van der Waals surface area contributed by atoms with Gasteiger partial charge in [0.2, 0.25) is 0 Å². The van der Waals surface area contributed by atoms with Crippen molar-refractivity contribution < 1.29 is 12.8 Å². The number of furan rings is 1. The molecular weight excluding hydrogens is 214 g/mol. The molecule has 0 aliphatic heterocycles. The lowest BCUT2D eigenvalue weighted by Gasteiger charge is -1.90. The van der Waals surface area contributed by atoms with Crippen LogP contribution in [0.2, 0.25) is 0 Å². The maximum absolute atomic E-state index is 11.0. The van der Waals surface area contributed by atoms with Gasteiger partial charge in [0, 0.05) is 6.26 Å². The predicted octanol–water partition coefficient (Wildman–Crippen LogP) is 1.74. The zero-order valence-corrected chi connectivity index (χ0v) is 8.86. The summed E-state index contributed by atoms with van der Waals surface area (Å²) < 4.78 is 27.0. The van der Waals surface area contributed by atoms with E-state index in [1.54, 1.807) is 24.3 Å². The lowest BCUT2D eigenvalue weighted by molar-refractivity contribution is 0.557. The first kappa shape index (κ1) is 11.3. The first-order valence-corrected chi connectivity index (χ1v) is 5.95. The van der Waals surface area contributed by atoms with E-state index in [2.05, 4.69) is 0 Å². The van der Waals surface area contributed by atoms with Crippen molar-refractivity contribution in [2.45, 2.75) is 0 Å². The normalized spacial score (nSPS) is 12.9. The maximum atomic E-state index is 11.0. The van der Waals surface area contributed by atoms with E-state index in [0.29, 0.717) is 5.76 Å². The Morgan fingerprint density at radius 2 is 2.33 bits per heavy atom. The van der Waals surface area contributed by atoms with Crippen LogP contribution in [0.25, 0.3) is 6.08 Å². The van der Waals surface area contributed by atoms with Gasteiger partial charge in [0.15, 0.2) is 9.84 Å². The van der Waals surface area contributed by atoms with E-state index in [-0.39, 0.29) is 4.91 Å². The topological polar surface area (TPSA) is 71.1 Å². The Morgan fingerprint density at radius 1 is 1.60 bits per heavy atom. The highest BCUT2D eigenvalue weighted by molar-refractivity contribution is 7.94. The molecule has 4 nitrogen and oxygen atoms in total. The molecule has 5 heteroatoms. The minimum Gasteiger partial charge on any atom is -0.465 e. The van der Waals surface area contributed by atoms with E-state index in [1.165, 1.54) is 18.4 Å². The SMILES string of the molecule is CS(=O)(=O)C(C#N)=CC=Cc1ccco1. The van der Waals surface area contributed by atoms with Crippen molar-refractivity contribution in [1.29, 1.82) is 5.26 Å². The number of hydrogen-bond donors (Lipinski definition) is 0. The molecule has 1 heterocycles. The molecule has 15 heavy (non-hydrogen) atoms. The van der Waals surface area contributed by atoms with Gasteiger partial charge in [0.25, 0.3) is 0 Å². The second-order valence-corrected chi connectivity index (χ2v) is 4.77. The van der Waals surface area contributed by atoms with Crippen molar-refractivity contribution in [2.75, 3.05) is 6.26 Å². The summed E-state index contributed by atoms with van der Waals surface area (Å²) in [5, 5.41) is 8.56.